The van der Waals surface area contributed by atoms with Crippen LogP contribution in [-0.2, 0) is 9.47 Å². The molecule has 50 valence electrons. The van der Waals surface area contributed by atoms with Crippen LogP contribution in [0.3, 0.4) is 0 Å². The lowest BCUT2D eigenvalue weighted by molar-refractivity contribution is 0.222. The predicted molar refractivity (Wildman–Crippen MR) is 32.9 cm³/mol. The van der Waals surface area contributed by atoms with Gasteiger partial charge in [-0.3, -0.25) is 0 Å². The molecule has 0 aromatic rings. The minimum Gasteiger partial charge on any atom is -0.378 e. The fourth-order valence-corrected chi connectivity index (χ4v) is 1.01. The maximum atomic E-state index is 8.86. The molecule has 0 aromatic heterocycles. The van der Waals surface area contributed by atoms with E-state index in [-0.39, 0.29) is 0 Å². The first-order chi connectivity index (χ1) is 3.81. The van der Waals surface area contributed by atoms with Crippen molar-refractivity contribution in [2.24, 2.45) is 0 Å². The molecule has 0 heterocycles. The third-order valence-electron chi connectivity index (χ3n) is 0.556. The largest absolute Gasteiger partial charge is 0.378 e. The first kappa shape index (κ1) is 8.31. The molecule has 0 atom stereocenters. The SMILES string of the molecule is COCP(O)COC. The summed E-state index contributed by atoms with van der Waals surface area (Å²) in [5.74, 6) is 0. The number of methoxy groups -OCH3 is 2. The van der Waals surface area contributed by atoms with Crippen LogP contribution in [0.2, 0.25) is 0 Å². The van der Waals surface area contributed by atoms with Crippen molar-refractivity contribution in [1.82, 2.24) is 0 Å². The summed E-state index contributed by atoms with van der Waals surface area (Å²) in [5, 5.41) is 0. The zero-order chi connectivity index (χ0) is 6.41. The summed E-state index contributed by atoms with van der Waals surface area (Å²) >= 11 is 0. The lowest BCUT2D eigenvalue weighted by Crippen LogP contribution is -1.92. The Hall–Kier alpha value is 0.310. The van der Waals surface area contributed by atoms with Crippen molar-refractivity contribution in [2.45, 2.75) is 0 Å². The zero-order valence-corrected chi connectivity index (χ0v) is 6.02. The summed E-state index contributed by atoms with van der Waals surface area (Å²) in [6.07, 6.45) is 0.812. The summed E-state index contributed by atoms with van der Waals surface area (Å²) in [7, 11) is 2.09. The molecule has 0 saturated heterocycles. The predicted octanol–water partition coefficient (Wildman–Crippen LogP) is 0.583. The Morgan fingerprint density at radius 1 is 1.25 bits per heavy atom. The fraction of sp³-hybridized carbons (Fsp3) is 1.00. The second kappa shape index (κ2) is 5.45. The van der Waals surface area contributed by atoms with E-state index in [4.69, 9.17) is 4.89 Å². The normalized spacial score (nSPS) is 10.5. The highest BCUT2D eigenvalue weighted by atomic mass is 31.1. The molecule has 3 nitrogen and oxygen atoms in total. The van der Waals surface area contributed by atoms with Crippen LogP contribution in [0, 0.1) is 0 Å². The van der Waals surface area contributed by atoms with Crippen molar-refractivity contribution in [3.63, 3.8) is 0 Å². The molecule has 4 heteroatoms. The summed E-state index contributed by atoms with van der Waals surface area (Å²) in [6.45, 7) is 0. The molecule has 0 aliphatic carbocycles. The molecule has 1 N–H and O–H groups in total. The van der Waals surface area contributed by atoms with Crippen LogP contribution in [0.1, 0.15) is 0 Å². The highest BCUT2D eigenvalue weighted by Crippen LogP contribution is 2.27. The van der Waals surface area contributed by atoms with Crippen LogP contribution >= 0.6 is 8.15 Å². The van der Waals surface area contributed by atoms with E-state index < -0.39 is 8.15 Å². The molecule has 0 radical (unpaired) electrons. The fourth-order valence-electron chi connectivity index (χ4n) is 0.335. The molecule has 0 aliphatic heterocycles. The Kier molecular flexibility index (Phi) is 5.66. The van der Waals surface area contributed by atoms with Crippen molar-refractivity contribution in [2.75, 3.05) is 26.9 Å². The molecule has 0 aromatic carbocycles. The van der Waals surface area contributed by atoms with Gasteiger partial charge in [0.25, 0.3) is 0 Å². The first-order valence-corrected chi connectivity index (χ1v) is 3.89. The molecule has 0 saturated carbocycles. The first-order valence-electron chi connectivity index (χ1n) is 2.23. The van der Waals surface area contributed by atoms with Gasteiger partial charge >= 0.3 is 0 Å². The average molecular weight is 138 g/mol. The number of hydrogen-bond acceptors (Lipinski definition) is 3. The second-order valence-electron chi connectivity index (χ2n) is 1.34. The summed E-state index contributed by atoms with van der Waals surface area (Å²) in [4.78, 5) is 8.86. The van der Waals surface area contributed by atoms with Crippen LogP contribution in [-0.4, -0.2) is 31.8 Å². The molecular weight excluding hydrogens is 127 g/mol. The topological polar surface area (TPSA) is 38.7 Å². The van der Waals surface area contributed by atoms with E-state index in [2.05, 4.69) is 9.47 Å². The van der Waals surface area contributed by atoms with Gasteiger partial charge in [-0.2, -0.15) is 0 Å². The van der Waals surface area contributed by atoms with E-state index in [1.54, 1.807) is 14.2 Å². The minimum absolute atomic E-state index is 0.406. The molecule has 0 aliphatic rings. The van der Waals surface area contributed by atoms with Gasteiger partial charge in [0.1, 0.15) is 0 Å². The van der Waals surface area contributed by atoms with E-state index in [9.17, 15) is 0 Å². The molecule has 0 rings (SSSR count). The van der Waals surface area contributed by atoms with E-state index >= 15 is 0 Å². The lowest BCUT2D eigenvalue weighted by atomic mass is 11.5. The van der Waals surface area contributed by atoms with Crippen molar-refractivity contribution in [3.05, 3.63) is 0 Å². The monoisotopic (exact) mass is 138 g/mol. The Morgan fingerprint density at radius 2 is 1.62 bits per heavy atom. The van der Waals surface area contributed by atoms with Crippen LogP contribution in [0.25, 0.3) is 0 Å². The van der Waals surface area contributed by atoms with Crippen LogP contribution in [0.4, 0.5) is 0 Å². The van der Waals surface area contributed by atoms with Gasteiger partial charge < -0.3 is 14.4 Å². The van der Waals surface area contributed by atoms with Gasteiger partial charge in [-0.15, -0.1) is 0 Å². The van der Waals surface area contributed by atoms with Gasteiger partial charge in [0.05, 0.1) is 20.8 Å². The Balaban J connectivity index is 2.92. The average Bonchev–Trinajstić information content (AvgIpc) is 1.68. The van der Waals surface area contributed by atoms with Crippen molar-refractivity contribution in [1.29, 1.82) is 0 Å². The summed E-state index contributed by atoms with van der Waals surface area (Å²) < 4.78 is 9.31. The maximum Gasteiger partial charge on any atom is 0.0921 e. The number of ether oxygens (including phenoxy) is 2. The third-order valence-corrected chi connectivity index (χ3v) is 1.67. The standard InChI is InChI=1S/C4H11O3P/c1-6-3-8(5)4-7-2/h5H,3-4H2,1-2H3. The minimum atomic E-state index is -1.03. The van der Waals surface area contributed by atoms with Crippen molar-refractivity contribution < 1.29 is 14.4 Å². The molecular formula is C4H11O3P. The smallest absolute Gasteiger partial charge is 0.0921 e. The Bertz CT molecular complexity index is 44.5. The van der Waals surface area contributed by atoms with Gasteiger partial charge in [0.15, 0.2) is 0 Å². The van der Waals surface area contributed by atoms with Gasteiger partial charge in [-0.1, -0.05) is 0 Å². The quantitative estimate of drug-likeness (QED) is 0.577. The molecule has 0 spiro atoms. The third kappa shape index (κ3) is 4.47. The van der Waals surface area contributed by atoms with E-state index in [1.165, 1.54) is 0 Å². The van der Waals surface area contributed by atoms with E-state index in [1.807, 2.05) is 0 Å². The van der Waals surface area contributed by atoms with E-state index in [0.717, 1.165) is 0 Å². The maximum absolute atomic E-state index is 8.86. The van der Waals surface area contributed by atoms with E-state index in [0.29, 0.717) is 12.7 Å². The lowest BCUT2D eigenvalue weighted by Gasteiger charge is -2.05. The van der Waals surface area contributed by atoms with Crippen molar-refractivity contribution in [3.8, 4) is 0 Å². The molecule has 8 heavy (non-hydrogen) atoms. The Morgan fingerprint density at radius 3 is 1.88 bits per heavy atom. The Labute approximate surface area is 50.4 Å². The van der Waals surface area contributed by atoms with Crippen molar-refractivity contribution >= 4 is 8.15 Å². The number of hydrogen-bond donors (Lipinski definition) is 1. The summed E-state index contributed by atoms with van der Waals surface area (Å²) in [6, 6.07) is 0. The van der Waals surface area contributed by atoms with Crippen LogP contribution < -0.4 is 0 Å². The van der Waals surface area contributed by atoms with Crippen LogP contribution in [0.5, 0.6) is 0 Å². The van der Waals surface area contributed by atoms with Gasteiger partial charge in [0.2, 0.25) is 0 Å². The van der Waals surface area contributed by atoms with Gasteiger partial charge in [0, 0.05) is 14.2 Å². The second-order valence-corrected chi connectivity index (χ2v) is 2.87. The molecule has 0 unspecified atom stereocenters. The van der Waals surface area contributed by atoms with Crippen LogP contribution in [0.15, 0.2) is 0 Å². The molecule has 0 amide bonds. The zero-order valence-electron chi connectivity index (χ0n) is 5.13. The number of rotatable bonds is 4. The van der Waals surface area contributed by atoms with Gasteiger partial charge in [-0.05, 0) is 0 Å². The molecule has 0 fully saturated rings. The highest BCUT2D eigenvalue weighted by Gasteiger charge is 1.99. The molecule has 0 bridgehead atoms. The summed E-state index contributed by atoms with van der Waals surface area (Å²) in [5.41, 5.74) is 0. The highest BCUT2D eigenvalue weighted by molar-refractivity contribution is 7.51. The van der Waals surface area contributed by atoms with Gasteiger partial charge in [-0.25, -0.2) is 0 Å².